The number of hydrogen-bond donors (Lipinski definition) is 0. The SMILES string of the molecule is CCC(=O)c1ccc(N2CCN(C(=O)OC(C)(C)C)CC2)c(C#N)c1. The number of piperazine rings is 1. The summed E-state index contributed by atoms with van der Waals surface area (Å²) in [5.41, 5.74) is 1.35. The molecule has 0 atom stereocenters. The molecule has 0 radical (unpaired) electrons. The summed E-state index contributed by atoms with van der Waals surface area (Å²) in [6.07, 6.45) is 0.107. The Morgan fingerprint density at radius 3 is 2.36 bits per heavy atom. The molecule has 1 amide bonds. The zero-order valence-electron chi connectivity index (χ0n) is 15.3. The number of hydrogen-bond acceptors (Lipinski definition) is 5. The van der Waals surface area contributed by atoms with Gasteiger partial charge in [-0.15, -0.1) is 0 Å². The predicted molar refractivity (Wildman–Crippen MR) is 95.8 cm³/mol. The van der Waals surface area contributed by atoms with Crippen LogP contribution in [0.1, 0.15) is 50.0 Å². The molecule has 1 saturated heterocycles. The van der Waals surface area contributed by atoms with E-state index in [4.69, 9.17) is 4.74 Å². The molecule has 1 aliphatic heterocycles. The molecule has 0 aromatic heterocycles. The standard InChI is InChI=1S/C19H25N3O3/c1-5-17(23)14-6-7-16(15(12-14)13-20)21-8-10-22(11-9-21)18(24)25-19(2,3)4/h6-7,12H,5,8-11H2,1-4H3. The predicted octanol–water partition coefficient (Wildman–Crippen LogP) is 3.21. The fourth-order valence-electron chi connectivity index (χ4n) is 2.74. The second kappa shape index (κ2) is 7.56. The Morgan fingerprint density at radius 2 is 1.84 bits per heavy atom. The summed E-state index contributed by atoms with van der Waals surface area (Å²) in [6, 6.07) is 7.42. The van der Waals surface area contributed by atoms with Crippen molar-refractivity contribution in [2.45, 2.75) is 39.7 Å². The highest BCUT2D eigenvalue weighted by atomic mass is 16.6. The highest BCUT2D eigenvalue weighted by Gasteiger charge is 2.26. The Bertz CT molecular complexity index is 693. The van der Waals surface area contributed by atoms with Gasteiger partial charge in [-0.1, -0.05) is 6.92 Å². The molecular weight excluding hydrogens is 318 g/mol. The van der Waals surface area contributed by atoms with E-state index in [2.05, 4.69) is 11.0 Å². The van der Waals surface area contributed by atoms with E-state index in [1.54, 1.807) is 24.0 Å². The van der Waals surface area contributed by atoms with Gasteiger partial charge in [-0.25, -0.2) is 4.79 Å². The summed E-state index contributed by atoms with van der Waals surface area (Å²) in [5.74, 6) is 0.0257. The summed E-state index contributed by atoms with van der Waals surface area (Å²) in [6.45, 7) is 9.66. The molecule has 1 aromatic carbocycles. The van der Waals surface area contributed by atoms with Crippen LogP contribution in [-0.4, -0.2) is 48.6 Å². The van der Waals surface area contributed by atoms with Gasteiger partial charge in [-0.2, -0.15) is 5.26 Å². The lowest BCUT2D eigenvalue weighted by molar-refractivity contribution is 0.0240. The quantitative estimate of drug-likeness (QED) is 0.788. The third-order valence-electron chi connectivity index (χ3n) is 4.03. The lowest BCUT2D eigenvalue weighted by atomic mass is 10.0. The number of nitriles is 1. The summed E-state index contributed by atoms with van der Waals surface area (Å²) in [4.78, 5) is 27.7. The Kier molecular flexibility index (Phi) is 5.68. The normalized spacial score (nSPS) is 14.8. The van der Waals surface area contributed by atoms with Gasteiger partial charge in [0.2, 0.25) is 0 Å². The van der Waals surface area contributed by atoms with E-state index in [0.717, 1.165) is 5.69 Å². The first kappa shape index (κ1) is 18.8. The van der Waals surface area contributed by atoms with Crippen LogP contribution in [0.4, 0.5) is 10.5 Å². The van der Waals surface area contributed by atoms with Gasteiger partial charge in [-0.05, 0) is 39.0 Å². The highest BCUT2D eigenvalue weighted by Crippen LogP contribution is 2.24. The van der Waals surface area contributed by atoms with E-state index < -0.39 is 5.60 Å². The van der Waals surface area contributed by atoms with Gasteiger partial charge in [-0.3, -0.25) is 4.79 Å². The number of benzene rings is 1. The van der Waals surface area contributed by atoms with Crippen molar-refractivity contribution >= 4 is 17.6 Å². The second-order valence-electron chi connectivity index (χ2n) is 7.07. The molecule has 0 saturated carbocycles. The molecule has 6 heteroatoms. The minimum Gasteiger partial charge on any atom is -0.444 e. The number of ketones is 1. The van der Waals surface area contributed by atoms with Crippen molar-refractivity contribution in [2.75, 3.05) is 31.1 Å². The molecular formula is C19H25N3O3. The van der Waals surface area contributed by atoms with Crippen LogP contribution < -0.4 is 4.90 Å². The number of nitrogens with zero attached hydrogens (tertiary/aromatic N) is 3. The van der Waals surface area contributed by atoms with Crippen molar-refractivity contribution in [1.82, 2.24) is 4.90 Å². The molecule has 1 aliphatic rings. The highest BCUT2D eigenvalue weighted by molar-refractivity contribution is 5.96. The molecule has 0 unspecified atom stereocenters. The Hall–Kier alpha value is -2.55. The number of carbonyl (C=O) groups excluding carboxylic acids is 2. The smallest absolute Gasteiger partial charge is 0.410 e. The molecule has 25 heavy (non-hydrogen) atoms. The third kappa shape index (κ3) is 4.72. The molecule has 6 nitrogen and oxygen atoms in total. The van der Waals surface area contributed by atoms with E-state index in [-0.39, 0.29) is 11.9 Å². The Morgan fingerprint density at radius 1 is 1.20 bits per heavy atom. The second-order valence-corrected chi connectivity index (χ2v) is 7.07. The van der Waals surface area contributed by atoms with Gasteiger partial charge in [0, 0.05) is 38.2 Å². The average Bonchev–Trinajstić information content (AvgIpc) is 2.59. The van der Waals surface area contributed by atoms with Crippen molar-refractivity contribution in [2.24, 2.45) is 0 Å². The Labute approximate surface area is 149 Å². The van der Waals surface area contributed by atoms with Crippen molar-refractivity contribution in [3.05, 3.63) is 29.3 Å². The summed E-state index contributed by atoms with van der Waals surface area (Å²) >= 11 is 0. The number of carbonyl (C=O) groups is 2. The minimum absolute atomic E-state index is 0.0257. The van der Waals surface area contributed by atoms with Crippen LogP contribution in [0, 0.1) is 11.3 Å². The van der Waals surface area contributed by atoms with E-state index in [1.165, 1.54) is 0 Å². The summed E-state index contributed by atoms with van der Waals surface area (Å²) < 4.78 is 5.40. The van der Waals surface area contributed by atoms with Gasteiger partial charge in [0.15, 0.2) is 5.78 Å². The van der Waals surface area contributed by atoms with Crippen LogP contribution in [0.5, 0.6) is 0 Å². The van der Waals surface area contributed by atoms with E-state index in [1.807, 2.05) is 26.8 Å². The maximum atomic E-state index is 12.1. The van der Waals surface area contributed by atoms with Gasteiger partial charge >= 0.3 is 6.09 Å². The first-order valence-electron chi connectivity index (χ1n) is 8.55. The number of Topliss-reactive ketones (excluding diaryl/α,β-unsaturated/α-hetero) is 1. The fourth-order valence-corrected chi connectivity index (χ4v) is 2.74. The zero-order valence-corrected chi connectivity index (χ0v) is 15.3. The van der Waals surface area contributed by atoms with Crippen LogP contribution in [0.15, 0.2) is 18.2 Å². The topological polar surface area (TPSA) is 73.6 Å². The molecule has 2 rings (SSSR count). The first-order chi connectivity index (χ1) is 11.7. The molecule has 1 fully saturated rings. The van der Waals surface area contributed by atoms with E-state index in [0.29, 0.717) is 43.7 Å². The van der Waals surface area contributed by atoms with Gasteiger partial charge < -0.3 is 14.5 Å². The van der Waals surface area contributed by atoms with Crippen LogP contribution >= 0.6 is 0 Å². The minimum atomic E-state index is -0.510. The van der Waals surface area contributed by atoms with Crippen LogP contribution in [0.2, 0.25) is 0 Å². The molecule has 0 bridgehead atoms. The fraction of sp³-hybridized carbons (Fsp3) is 0.526. The van der Waals surface area contributed by atoms with Crippen LogP contribution in [0.3, 0.4) is 0 Å². The summed E-state index contributed by atoms with van der Waals surface area (Å²) in [7, 11) is 0. The lowest BCUT2D eigenvalue weighted by Crippen LogP contribution is -2.50. The number of anilines is 1. The van der Waals surface area contributed by atoms with E-state index in [9.17, 15) is 14.9 Å². The molecule has 0 spiro atoms. The van der Waals surface area contributed by atoms with Gasteiger partial charge in [0.1, 0.15) is 11.7 Å². The van der Waals surface area contributed by atoms with Crippen LogP contribution in [-0.2, 0) is 4.74 Å². The third-order valence-corrected chi connectivity index (χ3v) is 4.03. The Balaban J connectivity index is 2.07. The lowest BCUT2D eigenvalue weighted by Gasteiger charge is -2.37. The molecule has 1 heterocycles. The zero-order chi connectivity index (χ0) is 18.6. The van der Waals surface area contributed by atoms with Gasteiger partial charge in [0.05, 0.1) is 11.3 Å². The number of rotatable bonds is 3. The van der Waals surface area contributed by atoms with Gasteiger partial charge in [0.25, 0.3) is 0 Å². The number of ether oxygens (including phenoxy) is 1. The molecule has 0 N–H and O–H groups in total. The molecule has 0 aliphatic carbocycles. The van der Waals surface area contributed by atoms with E-state index >= 15 is 0 Å². The van der Waals surface area contributed by atoms with Crippen LogP contribution in [0.25, 0.3) is 0 Å². The maximum Gasteiger partial charge on any atom is 0.410 e. The average molecular weight is 343 g/mol. The largest absolute Gasteiger partial charge is 0.444 e. The monoisotopic (exact) mass is 343 g/mol. The van der Waals surface area contributed by atoms with Crippen molar-refractivity contribution < 1.29 is 14.3 Å². The van der Waals surface area contributed by atoms with Crippen molar-refractivity contribution in [3.8, 4) is 6.07 Å². The first-order valence-corrected chi connectivity index (χ1v) is 8.55. The van der Waals surface area contributed by atoms with Crippen molar-refractivity contribution in [1.29, 1.82) is 5.26 Å². The molecule has 1 aromatic rings. The van der Waals surface area contributed by atoms with Crippen molar-refractivity contribution in [3.63, 3.8) is 0 Å². The summed E-state index contributed by atoms with van der Waals surface area (Å²) in [5, 5.41) is 9.42. The maximum absolute atomic E-state index is 12.1. The molecule has 134 valence electrons. The number of amides is 1.